The van der Waals surface area contributed by atoms with E-state index < -0.39 is 0 Å². The maximum absolute atomic E-state index is 6.13. The van der Waals surface area contributed by atoms with Crippen LogP contribution in [0.2, 0.25) is 0 Å². The van der Waals surface area contributed by atoms with E-state index in [1.165, 1.54) is 18.4 Å². The molecule has 0 amide bonds. The first-order valence-electron chi connectivity index (χ1n) is 6.97. The lowest BCUT2D eigenvalue weighted by Gasteiger charge is -2.38. The minimum atomic E-state index is -0.0560. The summed E-state index contributed by atoms with van der Waals surface area (Å²) < 4.78 is 6.13. The summed E-state index contributed by atoms with van der Waals surface area (Å²) in [4.78, 5) is 4.02. The SMILES string of the molecule is CC1CCC(CN)(OCCc2ccncc2)CC1. The molecule has 0 saturated heterocycles. The lowest BCUT2D eigenvalue weighted by Crippen LogP contribution is -2.44. The molecule has 2 rings (SSSR count). The zero-order chi connectivity index (χ0) is 12.8. The number of rotatable bonds is 5. The van der Waals surface area contributed by atoms with Crippen LogP contribution in [0.5, 0.6) is 0 Å². The number of nitrogens with zero attached hydrogens (tertiary/aromatic N) is 1. The molecule has 1 heterocycles. The first kappa shape index (κ1) is 13.5. The molecule has 2 N–H and O–H groups in total. The molecule has 18 heavy (non-hydrogen) atoms. The maximum atomic E-state index is 6.13. The minimum absolute atomic E-state index is 0.0560. The third kappa shape index (κ3) is 3.53. The van der Waals surface area contributed by atoms with E-state index in [4.69, 9.17) is 10.5 Å². The molecule has 0 atom stereocenters. The normalized spacial score (nSPS) is 28.2. The van der Waals surface area contributed by atoms with Crippen molar-refractivity contribution in [2.24, 2.45) is 11.7 Å². The molecular formula is C15H24N2O. The van der Waals surface area contributed by atoms with Crippen LogP contribution in [0.15, 0.2) is 24.5 Å². The van der Waals surface area contributed by atoms with Gasteiger partial charge in [0.25, 0.3) is 0 Å². The van der Waals surface area contributed by atoms with Gasteiger partial charge in [-0.2, -0.15) is 0 Å². The lowest BCUT2D eigenvalue weighted by atomic mass is 9.79. The van der Waals surface area contributed by atoms with E-state index in [1.54, 1.807) is 0 Å². The average Bonchev–Trinajstić information content (AvgIpc) is 2.43. The Kier molecular flexibility index (Phi) is 4.72. The van der Waals surface area contributed by atoms with E-state index in [2.05, 4.69) is 11.9 Å². The standard InChI is InChI=1S/C15H24N2O/c1-13-2-7-15(12-16,8-3-13)18-11-6-14-4-9-17-10-5-14/h4-5,9-10,13H,2-3,6-8,11-12,16H2,1H3. The number of ether oxygens (including phenoxy) is 1. The highest BCUT2D eigenvalue weighted by molar-refractivity contribution is 5.09. The van der Waals surface area contributed by atoms with Gasteiger partial charge in [-0.25, -0.2) is 0 Å². The zero-order valence-corrected chi connectivity index (χ0v) is 11.3. The lowest BCUT2D eigenvalue weighted by molar-refractivity contribution is -0.0688. The van der Waals surface area contributed by atoms with Gasteiger partial charge in [0.1, 0.15) is 0 Å². The van der Waals surface area contributed by atoms with Gasteiger partial charge in [0.15, 0.2) is 0 Å². The molecule has 3 heteroatoms. The first-order valence-corrected chi connectivity index (χ1v) is 6.97. The number of pyridine rings is 1. The van der Waals surface area contributed by atoms with E-state index in [1.807, 2.05) is 24.5 Å². The summed E-state index contributed by atoms with van der Waals surface area (Å²) in [5.41, 5.74) is 7.15. The van der Waals surface area contributed by atoms with Crippen molar-refractivity contribution in [1.82, 2.24) is 4.98 Å². The van der Waals surface area contributed by atoms with E-state index >= 15 is 0 Å². The molecule has 0 spiro atoms. The maximum Gasteiger partial charge on any atom is 0.0804 e. The van der Waals surface area contributed by atoms with Crippen LogP contribution < -0.4 is 5.73 Å². The van der Waals surface area contributed by atoms with Crippen molar-refractivity contribution in [2.45, 2.75) is 44.6 Å². The molecule has 1 aromatic rings. The Morgan fingerprint density at radius 1 is 1.33 bits per heavy atom. The first-order chi connectivity index (χ1) is 8.74. The second-order valence-corrected chi connectivity index (χ2v) is 5.52. The Bertz CT molecular complexity index is 345. The van der Waals surface area contributed by atoms with Crippen LogP contribution in [0.4, 0.5) is 0 Å². The summed E-state index contributed by atoms with van der Waals surface area (Å²) >= 11 is 0. The van der Waals surface area contributed by atoms with Gasteiger partial charge in [-0.15, -0.1) is 0 Å². The Balaban J connectivity index is 1.81. The van der Waals surface area contributed by atoms with Crippen molar-refractivity contribution < 1.29 is 4.74 Å². The molecule has 0 radical (unpaired) electrons. The van der Waals surface area contributed by atoms with E-state index in [9.17, 15) is 0 Å². The summed E-state index contributed by atoms with van der Waals surface area (Å²) in [5.74, 6) is 0.827. The average molecular weight is 248 g/mol. The second-order valence-electron chi connectivity index (χ2n) is 5.52. The van der Waals surface area contributed by atoms with Crippen LogP contribution in [0.1, 0.15) is 38.2 Å². The number of aromatic nitrogens is 1. The van der Waals surface area contributed by atoms with Crippen LogP contribution in [0.3, 0.4) is 0 Å². The largest absolute Gasteiger partial charge is 0.373 e. The molecule has 0 bridgehead atoms. The Hall–Kier alpha value is -0.930. The van der Waals surface area contributed by atoms with Crippen molar-refractivity contribution in [1.29, 1.82) is 0 Å². The van der Waals surface area contributed by atoms with Gasteiger partial charge in [0, 0.05) is 18.9 Å². The smallest absolute Gasteiger partial charge is 0.0804 e. The summed E-state index contributed by atoms with van der Waals surface area (Å²) in [5, 5.41) is 0. The molecule has 1 aromatic heterocycles. The van der Waals surface area contributed by atoms with Gasteiger partial charge in [-0.05, 0) is 55.7 Å². The van der Waals surface area contributed by atoms with Gasteiger partial charge in [0.2, 0.25) is 0 Å². The van der Waals surface area contributed by atoms with Gasteiger partial charge in [0.05, 0.1) is 12.2 Å². The van der Waals surface area contributed by atoms with E-state index in [0.717, 1.165) is 31.8 Å². The van der Waals surface area contributed by atoms with E-state index in [0.29, 0.717) is 6.54 Å². The third-order valence-corrected chi connectivity index (χ3v) is 4.11. The molecular weight excluding hydrogens is 224 g/mol. The second kappa shape index (κ2) is 6.30. The predicted octanol–water partition coefficient (Wildman–Crippen LogP) is 2.55. The third-order valence-electron chi connectivity index (χ3n) is 4.11. The Morgan fingerprint density at radius 2 is 2.00 bits per heavy atom. The molecule has 0 aliphatic heterocycles. The highest BCUT2D eigenvalue weighted by Gasteiger charge is 2.33. The molecule has 3 nitrogen and oxygen atoms in total. The number of nitrogens with two attached hydrogens (primary N) is 1. The summed E-state index contributed by atoms with van der Waals surface area (Å²) in [6.07, 6.45) is 9.31. The molecule has 1 fully saturated rings. The van der Waals surface area contributed by atoms with Crippen molar-refractivity contribution >= 4 is 0 Å². The fraction of sp³-hybridized carbons (Fsp3) is 0.667. The molecule has 1 aliphatic rings. The fourth-order valence-electron chi connectivity index (χ4n) is 2.63. The molecule has 0 unspecified atom stereocenters. The van der Waals surface area contributed by atoms with Gasteiger partial charge in [-0.1, -0.05) is 6.92 Å². The zero-order valence-electron chi connectivity index (χ0n) is 11.3. The van der Waals surface area contributed by atoms with Crippen molar-refractivity contribution in [3.05, 3.63) is 30.1 Å². The summed E-state index contributed by atoms with van der Waals surface area (Å²) in [6, 6.07) is 4.09. The topological polar surface area (TPSA) is 48.1 Å². The van der Waals surface area contributed by atoms with Gasteiger partial charge in [-0.3, -0.25) is 4.98 Å². The highest BCUT2D eigenvalue weighted by atomic mass is 16.5. The van der Waals surface area contributed by atoms with Crippen molar-refractivity contribution in [3.8, 4) is 0 Å². The van der Waals surface area contributed by atoms with Crippen LogP contribution >= 0.6 is 0 Å². The number of hydrogen-bond donors (Lipinski definition) is 1. The minimum Gasteiger partial charge on any atom is -0.373 e. The van der Waals surface area contributed by atoms with Gasteiger partial charge >= 0.3 is 0 Å². The van der Waals surface area contributed by atoms with Crippen LogP contribution in [-0.4, -0.2) is 23.7 Å². The predicted molar refractivity (Wildman–Crippen MR) is 73.3 cm³/mol. The van der Waals surface area contributed by atoms with Gasteiger partial charge < -0.3 is 10.5 Å². The molecule has 0 aromatic carbocycles. The van der Waals surface area contributed by atoms with Crippen molar-refractivity contribution in [3.63, 3.8) is 0 Å². The van der Waals surface area contributed by atoms with E-state index in [-0.39, 0.29) is 5.60 Å². The molecule has 100 valence electrons. The van der Waals surface area contributed by atoms with Crippen LogP contribution in [0, 0.1) is 5.92 Å². The van der Waals surface area contributed by atoms with Crippen molar-refractivity contribution in [2.75, 3.05) is 13.2 Å². The monoisotopic (exact) mass is 248 g/mol. The van der Waals surface area contributed by atoms with Crippen LogP contribution in [0.25, 0.3) is 0 Å². The number of hydrogen-bond acceptors (Lipinski definition) is 3. The summed E-state index contributed by atoms with van der Waals surface area (Å²) in [6.45, 7) is 3.73. The summed E-state index contributed by atoms with van der Waals surface area (Å²) in [7, 11) is 0. The molecule has 1 saturated carbocycles. The fourth-order valence-corrected chi connectivity index (χ4v) is 2.63. The molecule has 1 aliphatic carbocycles. The quantitative estimate of drug-likeness (QED) is 0.871. The Labute approximate surface area is 110 Å². The highest BCUT2D eigenvalue weighted by Crippen LogP contribution is 2.34. The Morgan fingerprint density at radius 3 is 2.61 bits per heavy atom. The van der Waals surface area contributed by atoms with Crippen LogP contribution in [-0.2, 0) is 11.2 Å².